The lowest BCUT2D eigenvalue weighted by atomic mass is 9.89. The predicted molar refractivity (Wildman–Crippen MR) is 45.5 cm³/mol. The number of ether oxygens (including phenoxy) is 1. The molecule has 0 aromatic carbocycles. The van der Waals surface area contributed by atoms with Gasteiger partial charge < -0.3 is 4.74 Å². The second kappa shape index (κ2) is 2.49. The second-order valence-electron chi connectivity index (χ2n) is 3.61. The first-order chi connectivity index (χ1) is 5.27. The number of hydrogen-bond donors (Lipinski definition) is 0. The third-order valence-corrected chi connectivity index (χ3v) is 2.74. The van der Waals surface area contributed by atoms with Crippen LogP contribution in [0.5, 0.6) is 0 Å². The minimum atomic E-state index is 0.889. The smallest absolute Gasteiger partial charge is 0.0687 e. The van der Waals surface area contributed by atoms with Crippen LogP contribution in [0.25, 0.3) is 0 Å². The van der Waals surface area contributed by atoms with E-state index in [1.807, 2.05) is 0 Å². The molecular formula is C10H14O. The molecule has 1 heteroatoms. The van der Waals surface area contributed by atoms with E-state index in [2.05, 4.69) is 13.8 Å². The SMILES string of the molecule is CC1=C(C)CC2=C(COC2)C1. The van der Waals surface area contributed by atoms with E-state index in [1.54, 1.807) is 22.3 Å². The second-order valence-corrected chi connectivity index (χ2v) is 3.61. The highest BCUT2D eigenvalue weighted by Gasteiger charge is 2.20. The number of hydrogen-bond acceptors (Lipinski definition) is 1. The molecule has 0 saturated carbocycles. The van der Waals surface area contributed by atoms with Crippen LogP contribution in [0.3, 0.4) is 0 Å². The van der Waals surface area contributed by atoms with Gasteiger partial charge in [-0.15, -0.1) is 0 Å². The molecule has 0 spiro atoms. The minimum absolute atomic E-state index is 0.889. The summed E-state index contributed by atoms with van der Waals surface area (Å²) in [5.74, 6) is 0. The molecule has 0 N–H and O–H groups in total. The fraction of sp³-hybridized carbons (Fsp3) is 0.600. The lowest BCUT2D eigenvalue weighted by Crippen LogP contribution is -2.00. The van der Waals surface area contributed by atoms with E-state index < -0.39 is 0 Å². The average molecular weight is 150 g/mol. The lowest BCUT2D eigenvalue weighted by molar-refractivity contribution is 0.203. The Labute approximate surface area is 67.7 Å². The van der Waals surface area contributed by atoms with E-state index in [-0.39, 0.29) is 0 Å². The van der Waals surface area contributed by atoms with E-state index in [0.29, 0.717) is 0 Å². The Balaban J connectivity index is 2.22. The molecular weight excluding hydrogens is 136 g/mol. The molecule has 1 aliphatic carbocycles. The van der Waals surface area contributed by atoms with Crippen LogP contribution in [0, 0.1) is 0 Å². The summed E-state index contributed by atoms with van der Waals surface area (Å²) in [4.78, 5) is 0. The van der Waals surface area contributed by atoms with Gasteiger partial charge in [0.2, 0.25) is 0 Å². The van der Waals surface area contributed by atoms with E-state index in [0.717, 1.165) is 13.2 Å². The standard InChI is InChI=1S/C10H14O/c1-7-3-9-5-11-6-10(9)4-8(7)2/h3-6H2,1-2H3. The van der Waals surface area contributed by atoms with E-state index in [9.17, 15) is 0 Å². The summed E-state index contributed by atoms with van der Waals surface area (Å²) in [6, 6.07) is 0. The van der Waals surface area contributed by atoms with Gasteiger partial charge in [-0.2, -0.15) is 0 Å². The van der Waals surface area contributed by atoms with Crippen LogP contribution in [0.1, 0.15) is 26.7 Å². The maximum absolute atomic E-state index is 5.39. The van der Waals surface area contributed by atoms with Gasteiger partial charge in [-0.05, 0) is 37.8 Å². The summed E-state index contributed by atoms with van der Waals surface area (Å²) in [7, 11) is 0. The van der Waals surface area contributed by atoms with Gasteiger partial charge in [-0.25, -0.2) is 0 Å². The highest BCUT2D eigenvalue weighted by Crippen LogP contribution is 2.32. The normalized spacial score (nSPS) is 24.5. The molecule has 1 aliphatic heterocycles. The maximum atomic E-state index is 5.39. The Bertz CT molecular complexity index is 222. The predicted octanol–water partition coefficient (Wildman–Crippen LogP) is 2.44. The molecule has 1 heterocycles. The van der Waals surface area contributed by atoms with Gasteiger partial charge in [0.25, 0.3) is 0 Å². The van der Waals surface area contributed by atoms with Crippen LogP contribution in [0.4, 0.5) is 0 Å². The molecule has 1 nitrogen and oxygen atoms in total. The van der Waals surface area contributed by atoms with Crippen molar-refractivity contribution in [1.82, 2.24) is 0 Å². The molecule has 0 aromatic rings. The van der Waals surface area contributed by atoms with Crippen molar-refractivity contribution >= 4 is 0 Å². The monoisotopic (exact) mass is 150 g/mol. The van der Waals surface area contributed by atoms with Crippen LogP contribution in [0.15, 0.2) is 22.3 Å². The van der Waals surface area contributed by atoms with Crippen molar-refractivity contribution in [1.29, 1.82) is 0 Å². The van der Waals surface area contributed by atoms with Gasteiger partial charge in [0.1, 0.15) is 0 Å². The Morgan fingerprint density at radius 3 is 1.82 bits per heavy atom. The van der Waals surface area contributed by atoms with Gasteiger partial charge in [-0.3, -0.25) is 0 Å². The van der Waals surface area contributed by atoms with Crippen molar-refractivity contribution in [3.8, 4) is 0 Å². The fourth-order valence-corrected chi connectivity index (χ4v) is 1.80. The first-order valence-electron chi connectivity index (χ1n) is 4.20. The van der Waals surface area contributed by atoms with Crippen LogP contribution < -0.4 is 0 Å². The van der Waals surface area contributed by atoms with Crippen LogP contribution >= 0.6 is 0 Å². The van der Waals surface area contributed by atoms with E-state index in [4.69, 9.17) is 4.74 Å². The molecule has 0 atom stereocenters. The zero-order valence-electron chi connectivity index (χ0n) is 7.24. The van der Waals surface area contributed by atoms with Gasteiger partial charge >= 0.3 is 0 Å². The summed E-state index contributed by atoms with van der Waals surface area (Å²) in [5, 5.41) is 0. The molecule has 0 amide bonds. The Hall–Kier alpha value is -0.560. The van der Waals surface area contributed by atoms with Gasteiger partial charge in [0, 0.05) is 0 Å². The van der Waals surface area contributed by atoms with Crippen molar-refractivity contribution < 1.29 is 4.74 Å². The average Bonchev–Trinajstić information content (AvgIpc) is 2.36. The quantitative estimate of drug-likeness (QED) is 0.482. The maximum Gasteiger partial charge on any atom is 0.0687 e. The number of rotatable bonds is 0. The summed E-state index contributed by atoms with van der Waals surface area (Å²) < 4.78 is 5.39. The van der Waals surface area contributed by atoms with Crippen LogP contribution in [-0.4, -0.2) is 13.2 Å². The molecule has 2 aliphatic rings. The summed E-state index contributed by atoms with van der Waals surface area (Å²) >= 11 is 0. The lowest BCUT2D eigenvalue weighted by Gasteiger charge is -2.15. The van der Waals surface area contributed by atoms with Crippen molar-refractivity contribution in [2.24, 2.45) is 0 Å². The highest BCUT2D eigenvalue weighted by atomic mass is 16.5. The van der Waals surface area contributed by atoms with Crippen LogP contribution in [0.2, 0.25) is 0 Å². The van der Waals surface area contributed by atoms with E-state index in [1.165, 1.54) is 12.8 Å². The Kier molecular flexibility index (Phi) is 1.61. The summed E-state index contributed by atoms with van der Waals surface area (Å²) in [5.41, 5.74) is 6.20. The minimum Gasteiger partial charge on any atom is -0.373 e. The molecule has 0 unspecified atom stereocenters. The summed E-state index contributed by atoms with van der Waals surface area (Å²) in [6.45, 7) is 6.24. The Morgan fingerprint density at radius 1 is 0.909 bits per heavy atom. The van der Waals surface area contributed by atoms with Gasteiger partial charge in [-0.1, -0.05) is 11.1 Å². The van der Waals surface area contributed by atoms with Crippen molar-refractivity contribution in [2.75, 3.05) is 13.2 Å². The van der Waals surface area contributed by atoms with Crippen LogP contribution in [-0.2, 0) is 4.74 Å². The van der Waals surface area contributed by atoms with Gasteiger partial charge in [0.05, 0.1) is 13.2 Å². The first kappa shape index (κ1) is 7.11. The zero-order chi connectivity index (χ0) is 7.84. The third-order valence-electron chi connectivity index (χ3n) is 2.74. The van der Waals surface area contributed by atoms with E-state index >= 15 is 0 Å². The first-order valence-corrected chi connectivity index (χ1v) is 4.20. The number of allylic oxidation sites excluding steroid dienone is 2. The van der Waals surface area contributed by atoms with Crippen molar-refractivity contribution in [2.45, 2.75) is 26.7 Å². The summed E-state index contributed by atoms with van der Waals surface area (Å²) in [6.07, 6.45) is 2.34. The van der Waals surface area contributed by atoms with Gasteiger partial charge in [0.15, 0.2) is 0 Å². The Morgan fingerprint density at radius 2 is 1.36 bits per heavy atom. The topological polar surface area (TPSA) is 9.23 Å². The molecule has 0 aromatic heterocycles. The fourth-order valence-electron chi connectivity index (χ4n) is 1.80. The molecule has 2 rings (SSSR count). The molecule has 0 radical (unpaired) electrons. The van der Waals surface area contributed by atoms with Crippen molar-refractivity contribution in [3.63, 3.8) is 0 Å². The molecule has 0 bridgehead atoms. The molecule has 11 heavy (non-hydrogen) atoms. The molecule has 60 valence electrons. The molecule has 0 saturated heterocycles. The van der Waals surface area contributed by atoms with Crippen molar-refractivity contribution in [3.05, 3.63) is 22.3 Å². The molecule has 0 fully saturated rings. The zero-order valence-corrected chi connectivity index (χ0v) is 7.24. The largest absolute Gasteiger partial charge is 0.373 e. The highest BCUT2D eigenvalue weighted by molar-refractivity contribution is 5.35. The third kappa shape index (κ3) is 1.14.